The van der Waals surface area contributed by atoms with Crippen molar-refractivity contribution >= 4 is 22.7 Å². The first kappa shape index (κ1) is 22.6. The van der Waals surface area contributed by atoms with Gasteiger partial charge in [-0.1, -0.05) is 51.1 Å². The molecule has 1 N–H and O–H groups in total. The smallest absolute Gasteiger partial charge is 0.267 e. The normalized spacial score (nSPS) is 12.1. The third-order valence-corrected chi connectivity index (χ3v) is 5.75. The average molecular weight is 443 g/mol. The average Bonchev–Trinajstić information content (AvgIpc) is 3.18. The highest BCUT2D eigenvalue weighted by Gasteiger charge is 2.31. The Hall–Kier alpha value is -3.60. The number of oxazole rings is 1. The van der Waals surface area contributed by atoms with Crippen LogP contribution < -0.4 is 10.1 Å². The van der Waals surface area contributed by atoms with Crippen LogP contribution in [0.2, 0.25) is 0 Å². The summed E-state index contributed by atoms with van der Waals surface area (Å²) in [6.45, 7) is 12.0. The van der Waals surface area contributed by atoms with Gasteiger partial charge < -0.3 is 14.5 Å². The minimum atomic E-state index is -1.07. The van der Waals surface area contributed by atoms with Crippen LogP contribution in [0.1, 0.15) is 45.7 Å². The summed E-state index contributed by atoms with van der Waals surface area (Å²) in [6.07, 6.45) is 0. The van der Waals surface area contributed by atoms with Crippen LogP contribution in [0.25, 0.3) is 22.6 Å². The molecular weight excluding hydrogens is 412 g/mol. The number of hydrogen-bond acceptors (Lipinski definition) is 4. The number of benzene rings is 3. The zero-order valence-electron chi connectivity index (χ0n) is 20.0. The van der Waals surface area contributed by atoms with Crippen LogP contribution in [0.5, 0.6) is 5.75 Å². The first-order chi connectivity index (χ1) is 15.5. The number of rotatable bonds is 5. The molecule has 5 heteroatoms. The fourth-order valence-corrected chi connectivity index (χ4v) is 3.63. The van der Waals surface area contributed by atoms with Gasteiger partial charge in [0.2, 0.25) is 5.89 Å². The molecule has 0 aliphatic heterocycles. The van der Waals surface area contributed by atoms with Gasteiger partial charge in [-0.15, -0.1) is 0 Å². The zero-order valence-corrected chi connectivity index (χ0v) is 20.0. The maximum absolute atomic E-state index is 13.1. The Morgan fingerprint density at radius 1 is 0.909 bits per heavy atom. The van der Waals surface area contributed by atoms with E-state index in [2.05, 4.69) is 31.1 Å². The van der Waals surface area contributed by atoms with Crippen molar-refractivity contribution in [1.82, 2.24) is 4.98 Å². The molecule has 3 aromatic carbocycles. The predicted molar refractivity (Wildman–Crippen MR) is 133 cm³/mol. The van der Waals surface area contributed by atoms with E-state index in [1.807, 2.05) is 73.7 Å². The number of carbonyl (C=O) groups is 1. The number of nitrogens with one attached hydrogen (secondary N) is 1. The summed E-state index contributed by atoms with van der Waals surface area (Å²) in [5.74, 6) is 0.944. The largest absolute Gasteiger partial charge is 0.478 e. The highest BCUT2D eigenvalue weighted by molar-refractivity contribution is 5.98. The summed E-state index contributed by atoms with van der Waals surface area (Å²) in [7, 11) is 0. The monoisotopic (exact) mass is 442 g/mol. The van der Waals surface area contributed by atoms with Crippen molar-refractivity contribution in [3.63, 3.8) is 0 Å². The van der Waals surface area contributed by atoms with Crippen molar-refractivity contribution in [3.8, 4) is 17.2 Å². The summed E-state index contributed by atoms with van der Waals surface area (Å²) in [5.41, 5.74) is 4.14. The Labute approximate surface area is 194 Å². The lowest BCUT2D eigenvalue weighted by Gasteiger charge is -2.26. The lowest BCUT2D eigenvalue weighted by Crippen LogP contribution is -2.42. The minimum Gasteiger partial charge on any atom is -0.478 e. The number of aromatic nitrogens is 1. The molecule has 0 saturated heterocycles. The molecule has 0 spiro atoms. The number of anilines is 1. The Kier molecular flexibility index (Phi) is 5.75. The molecule has 0 atom stereocenters. The second-order valence-corrected chi connectivity index (χ2v) is 9.81. The number of ether oxygens (including phenoxy) is 1. The van der Waals surface area contributed by atoms with Crippen molar-refractivity contribution in [2.24, 2.45) is 0 Å². The third-order valence-electron chi connectivity index (χ3n) is 5.75. The first-order valence-electron chi connectivity index (χ1n) is 11.1. The number of amides is 1. The zero-order chi connectivity index (χ0) is 23.8. The molecule has 0 aliphatic carbocycles. The molecule has 0 unspecified atom stereocenters. The van der Waals surface area contributed by atoms with Gasteiger partial charge in [-0.25, -0.2) is 4.98 Å². The van der Waals surface area contributed by atoms with E-state index in [0.717, 1.165) is 22.2 Å². The maximum Gasteiger partial charge on any atom is 0.267 e. The lowest BCUT2D eigenvalue weighted by atomic mass is 9.87. The lowest BCUT2D eigenvalue weighted by molar-refractivity contribution is -0.128. The molecule has 5 nitrogen and oxygen atoms in total. The quantitative estimate of drug-likeness (QED) is 0.365. The first-order valence-corrected chi connectivity index (χ1v) is 11.1. The van der Waals surface area contributed by atoms with Crippen molar-refractivity contribution in [3.05, 3.63) is 77.9 Å². The topological polar surface area (TPSA) is 64.4 Å². The molecule has 0 aliphatic rings. The molecule has 1 heterocycles. The maximum atomic E-state index is 13.1. The Bertz CT molecular complexity index is 1260. The van der Waals surface area contributed by atoms with Crippen molar-refractivity contribution in [1.29, 1.82) is 0 Å². The van der Waals surface area contributed by atoms with Crippen LogP contribution in [0.3, 0.4) is 0 Å². The predicted octanol–water partition coefficient (Wildman–Crippen LogP) is 6.90. The van der Waals surface area contributed by atoms with Crippen molar-refractivity contribution in [2.45, 2.75) is 52.6 Å². The standard InChI is InChI=1S/C28H30N2O3/c1-18-21(25-29-23-11-7-8-13-24(23)32-25)10-9-12-22(18)30-26(31)28(5,6)33-20-16-14-19(15-17-20)27(2,3)4/h7-17H,1-6H3,(H,30,31). The SMILES string of the molecule is Cc1c(NC(=O)C(C)(C)Oc2ccc(C(C)(C)C)cc2)cccc1-c1nc2ccccc2o1. The van der Waals surface area contributed by atoms with Gasteiger partial charge in [-0.3, -0.25) is 4.79 Å². The molecule has 0 fully saturated rings. The number of para-hydroxylation sites is 2. The van der Waals surface area contributed by atoms with E-state index < -0.39 is 5.60 Å². The van der Waals surface area contributed by atoms with Crippen molar-refractivity contribution in [2.75, 3.05) is 5.32 Å². The van der Waals surface area contributed by atoms with Gasteiger partial charge in [0.15, 0.2) is 11.2 Å². The van der Waals surface area contributed by atoms with Gasteiger partial charge in [0, 0.05) is 11.3 Å². The molecule has 0 saturated carbocycles. The van der Waals surface area contributed by atoms with E-state index in [-0.39, 0.29) is 11.3 Å². The number of nitrogens with zero attached hydrogens (tertiary/aromatic N) is 1. The molecule has 0 bridgehead atoms. The van der Waals surface area contributed by atoms with Crippen LogP contribution in [-0.2, 0) is 10.2 Å². The Morgan fingerprint density at radius 3 is 2.27 bits per heavy atom. The second kappa shape index (κ2) is 8.39. The molecule has 170 valence electrons. The Balaban J connectivity index is 1.53. The molecule has 33 heavy (non-hydrogen) atoms. The van der Waals surface area contributed by atoms with Gasteiger partial charge in [-0.05, 0) is 73.7 Å². The van der Waals surface area contributed by atoms with Gasteiger partial charge in [0.05, 0.1) is 0 Å². The van der Waals surface area contributed by atoms with Gasteiger partial charge in [0.25, 0.3) is 5.91 Å². The number of fused-ring (bicyclic) bond motifs is 1. The second-order valence-electron chi connectivity index (χ2n) is 9.81. The molecule has 4 rings (SSSR count). The van der Waals surface area contributed by atoms with E-state index in [0.29, 0.717) is 17.3 Å². The molecule has 0 radical (unpaired) electrons. The highest BCUT2D eigenvalue weighted by Crippen LogP contribution is 2.31. The van der Waals surface area contributed by atoms with E-state index in [1.165, 1.54) is 5.56 Å². The highest BCUT2D eigenvalue weighted by atomic mass is 16.5. The van der Waals surface area contributed by atoms with Crippen LogP contribution in [0, 0.1) is 6.92 Å². The van der Waals surface area contributed by atoms with E-state index in [4.69, 9.17) is 9.15 Å². The van der Waals surface area contributed by atoms with Crippen molar-refractivity contribution < 1.29 is 13.9 Å². The molecule has 1 aromatic heterocycles. The van der Waals surface area contributed by atoms with E-state index in [9.17, 15) is 4.79 Å². The number of hydrogen-bond donors (Lipinski definition) is 1. The van der Waals surface area contributed by atoms with Gasteiger partial charge >= 0.3 is 0 Å². The number of carbonyl (C=O) groups excluding carboxylic acids is 1. The fourth-order valence-electron chi connectivity index (χ4n) is 3.63. The van der Waals surface area contributed by atoms with E-state index in [1.54, 1.807) is 13.8 Å². The summed E-state index contributed by atoms with van der Waals surface area (Å²) in [5, 5.41) is 3.02. The molecule has 1 amide bonds. The van der Waals surface area contributed by atoms with Crippen LogP contribution in [-0.4, -0.2) is 16.5 Å². The van der Waals surface area contributed by atoms with Crippen LogP contribution >= 0.6 is 0 Å². The van der Waals surface area contributed by atoms with Gasteiger partial charge in [-0.2, -0.15) is 0 Å². The van der Waals surface area contributed by atoms with E-state index >= 15 is 0 Å². The fraction of sp³-hybridized carbons (Fsp3) is 0.286. The van der Waals surface area contributed by atoms with Crippen LogP contribution in [0.15, 0.2) is 71.1 Å². The summed E-state index contributed by atoms with van der Waals surface area (Å²) in [4.78, 5) is 17.7. The minimum absolute atomic E-state index is 0.0582. The summed E-state index contributed by atoms with van der Waals surface area (Å²) >= 11 is 0. The molecular formula is C28H30N2O3. The molecule has 4 aromatic rings. The van der Waals surface area contributed by atoms with Crippen LogP contribution in [0.4, 0.5) is 5.69 Å². The summed E-state index contributed by atoms with van der Waals surface area (Å²) in [6, 6.07) is 21.2. The summed E-state index contributed by atoms with van der Waals surface area (Å²) < 4.78 is 12.0. The van der Waals surface area contributed by atoms with Gasteiger partial charge in [0.1, 0.15) is 11.3 Å². The Morgan fingerprint density at radius 2 is 1.61 bits per heavy atom. The third kappa shape index (κ3) is 4.77.